The van der Waals surface area contributed by atoms with Crippen LogP contribution in [0.15, 0.2) is 12.7 Å². The van der Waals surface area contributed by atoms with Crippen LogP contribution in [0.2, 0.25) is 0 Å². The van der Waals surface area contributed by atoms with E-state index in [0.29, 0.717) is 19.4 Å². The van der Waals surface area contributed by atoms with Crippen LogP contribution >= 0.6 is 0 Å². The number of imide groups is 1. The summed E-state index contributed by atoms with van der Waals surface area (Å²) in [6.07, 6.45) is 4.53. The Bertz CT molecular complexity index is 1530. The molecule has 5 fully saturated rings. The van der Waals surface area contributed by atoms with Crippen molar-refractivity contribution in [3.63, 3.8) is 0 Å². The highest BCUT2D eigenvalue weighted by atomic mass is 16.2. The fourth-order valence-corrected chi connectivity index (χ4v) is 8.37. The van der Waals surface area contributed by atoms with Gasteiger partial charge >= 0.3 is 6.03 Å². The number of allylic oxidation sites excluding steroid dienone is 1. The second-order valence-corrected chi connectivity index (χ2v) is 19.6. The quantitative estimate of drug-likeness (QED) is 0.136. The number of ketones is 1. The van der Waals surface area contributed by atoms with Gasteiger partial charge in [-0.05, 0) is 65.1 Å². The number of carbonyl (C=O) groups excluding carboxylic acids is 7. The van der Waals surface area contributed by atoms with Gasteiger partial charge in [-0.15, -0.1) is 6.58 Å². The molecule has 2 heterocycles. The SMILES string of the molecule is C=CCC1CC1(NC(=O)[C@@H]1[C@@H]2[C@H](CN1C(=O)[C@@H](NC(=O)N[C@H](CN1C(=O)CC(C)(C)CC1=O)C(C)(C)C)C(C)(C)C)C2(C)C)C(=O)C(=O)NC1CC1. The van der Waals surface area contributed by atoms with E-state index in [-0.39, 0.29) is 60.4 Å². The fourth-order valence-electron chi connectivity index (χ4n) is 8.37. The van der Waals surface area contributed by atoms with Gasteiger partial charge in [0.05, 0.1) is 6.04 Å². The molecule has 13 heteroatoms. The van der Waals surface area contributed by atoms with Crippen molar-refractivity contribution in [3.05, 3.63) is 12.7 Å². The monoisotopic (exact) mass is 724 g/mol. The molecule has 0 bridgehead atoms. The molecule has 2 saturated heterocycles. The van der Waals surface area contributed by atoms with Crippen molar-refractivity contribution in [2.45, 2.75) is 137 Å². The first-order valence-corrected chi connectivity index (χ1v) is 18.8. The predicted octanol–water partition coefficient (Wildman–Crippen LogP) is 3.07. The minimum atomic E-state index is -1.35. The molecule has 13 nitrogen and oxygen atoms in total. The van der Waals surface area contributed by atoms with Gasteiger partial charge in [0, 0.05) is 32.0 Å². The van der Waals surface area contributed by atoms with Crippen molar-refractivity contribution in [1.82, 2.24) is 31.1 Å². The summed E-state index contributed by atoms with van der Waals surface area (Å²) in [7, 11) is 0. The van der Waals surface area contributed by atoms with Crippen molar-refractivity contribution in [2.75, 3.05) is 13.1 Å². The van der Waals surface area contributed by atoms with Crippen molar-refractivity contribution in [2.24, 2.45) is 39.4 Å². The number of nitrogens with zero attached hydrogens (tertiary/aromatic N) is 2. The van der Waals surface area contributed by atoms with Gasteiger partial charge in [0.15, 0.2) is 0 Å². The number of urea groups is 1. The van der Waals surface area contributed by atoms with E-state index in [4.69, 9.17) is 0 Å². The summed E-state index contributed by atoms with van der Waals surface area (Å²) in [6.45, 7) is 23.2. The van der Waals surface area contributed by atoms with Crippen LogP contribution in [-0.2, 0) is 28.8 Å². The largest absolute Gasteiger partial charge is 0.347 e. The van der Waals surface area contributed by atoms with E-state index in [1.54, 1.807) is 6.08 Å². The zero-order chi connectivity index (χ0) is 38.9. The zero-order valence-corrected chi connectivity index (χ0v) is 32.7. The summed E-state index contributed by atoms with van der Waals surface area (Å²) < 4.78 is 0. The molecule has 0 radical (unpaired) electrons. The summed E-state index contributed by atoms with van der Waals surface area (Å²) >= 11 is 0. The minimum Gasteiger partial charge on any atom is -0.347 e. The highest BCUT2D eigenvalue weighted by molar-refractivity contribution is 6.41. The van der Waals surface area contributed by atoms with Crippen molar-refractivity contribution in [1.29, 1.82) is 0 Å². The number of rotatable bonds is 12. The van der Waals surface area contributed by atoms with Crippen LogP contribution in [-0.4, -0.2) is 93.9 Å². The third kappa shape index (κ3) is 7.78. The number of amides is 7. The molecular weight excluding hydrogens is 664 g/mol. The molecular formula is C39H60N6O7. The Morgan fingerprint density at radius 1 is 0.923 bits per heavy atom. The van der Waals surface area contributed by atoms with Crippen LogP contribution < -0.4 is 21.3 Å². The lowest BCUT2D eigenvalue weighted by Gasteiger charge is -2.41. The number of piperidine rings is 2. The average molecular weight is 725 g/mol. The molecule has 5 aliphatic rings. The third-order valence-electron chi connectivity index (χ3n) is 12.2. The Kier molecular flexibility index (Phi) is 10.1. The molecule has 2 unspecified atom stereocenters. The van der Waals surface area contributed by atoms with Crippen LogP contribution in [0.4, 0.5) is 4.79 Å². The first-order chi connectivity index (χ1) is 23.8. The van der Waals surface area contributed by atoms with Gasteiger partial charge < -0.3 is 26.2 Å². The summed E-state index contributed by atoms with van der Waals surface area (Å²) in [6, 6.07) is -3.21. The highest BCUT2D eigenvalue weighted by Gasteiger charge is 2.71. The minimum absolute atomic E-state index is 0.00237. The van der Waals surface area contributed by atoms with Crippen molar-refractivity contribution < 1.29 is 33.6 Å². The van der Waals surface area contributed by atoms with Crippen molar-refractivity contribution in [3.8, 4) is 0 Å². The van der Waals surface area contributed by atoms with E-state index in [2.05, 4.69) is 41.7 Å². The number of hydrogen-bond acceptors (Lipinski definition) is 7. The van der Waals surface area contributed by atoms with Crippen LogP contribution in [0.3, 0.4) is 0 Å². The molecule has 7 atom stereocenters. The smallest absolute Gasteiger partial charge is 0.315 e. The molecule has 3 saturated carbocycles. The topological polar surface area (TPSA) is 174 Å². The molecule has 3 aliphatic carbocycles. The van der Waals surface area contributed by atoms with E-state index in [0.717, 1.165) is 12.8 Å². The zero-order valence-electron chi connectivity index (χ0n) is 32.7. The maximum atomic E-state index is 14.5. The Balaban J connectivity index is 1.33. The van der Waals surface area contributed by atoms with Gasteiger partial charge in [-0.2, -0.15) is 0 Å². The normalized spacial score (nSPS) is 30.0. The molecule has 0 aromatic heterocycles. The Hall–Kier alpha value is -3.77. The van der Waals surface area contributed by atoms with E-state index in [1.165, 1.54) is 9.80 Å². The van der Waals surface area contributed by atoms with Crippen LogP contribution in [0.5, 0.6) is 0 Å². The van der Waals surface area contributed by atoms with Gasteiger partial charge in [0.1, 0.15) is 17.6 Å². The number of nitrogens with one attached hydrogen (secondary N) is 4. The number of likely N-dealkylation sites (tertiary alicyclic amines) is 2. The number of hydrogen-bond donors (Lipinski definition) is 4. The Morgan fingerprint density at radius 3 is 2.04 bits per heavy atom. The van der Waals surface area contributed by atoms with Gasteiger partial charge in [0.2, 0.25) is 29.4 Å². The Labute approximate surface area is 308 Å². The lowest BCUT2D eigenvalue weighted by Crippen LogP contribution is -2.63. The summed E-state index contributed by atoms with van der Waals surface area (Å²) in [5, 5.41) is 11.5. The molecule has 288 valence electrons. The van der Waals surface area contributed by atoms with Crippen LogP contribution in [0.1, 0.15) is 108 Å². The molecule has 2 aliphatic heterocycles. The van der Waals surface area contributed by atoms with Crippen LogP contribution in [0, 0.1) is 39.4 Å². The van der Waals surface area contributed by atoms with Crippen molar-refractivity contribution >= 4 is 41.4 Å². The molecule has 0 spiro atoms. The molecule has 52 heavy (non-hydrogen) atoms. The highest BCUT2D eigenvalue weighted by Crippen LogP contribution is 2.65. The van der Waals surface area contributed by atoms with E-state index < -0.39 is 69.4 Å². The van der Waals surface area contributed by atoms with E-state index in [9.17, 15) is 33.6 Å². The summed E-state index contributed by atoms with van der Waals surface area (Å²) in [4.78, 5) is 97.8. The first-order valence-electron chi connectivity index (χ1n) is 18.8. The van der Waals surface area contributed by atoms with Gasteiger partial charge in [-0.1, -0.05) is 75.3 Å². The maximum Gasteiger partial charge on any atom is 0.315 e. The first kappa shape index (κ1) is 39.4. The molecule has 4 N–H and O–H groups in total. The average Bonchev–Trinajstić information content (AvgIpc) is 3.95. The maximum absolute atomic E-state index is 14.5. The van der Waals surface area contributed by atoms with Crippen LogP contribution in [0.25, 0.3) is 0 Å². The molecule has 0 aromatic carbocycles. The number of fused-ring (bicyclic) bond motifs is 1. The molecule has 7 amide bonds. The standard InChI is InChI=1S/C39H60N6O7/c1-12-13-21-16-39(21,30(48)32(50)40-22-14-15-22)43-31(49)28-27-23(38(27,10)11)19-45(28)33(51)29(36(5,6)7)42-34(52)41-24(35(2,3)4)20-44-25(46)17-37(8,9)18-26(44)47/h12,21-24,27-29H,1,13-20H2,2-11H3,(H,40,50)(H,43,49)(H2,41,42,52)/t21?,23-,24+,27-,28-,29+,39?/m0/s1. The predicted molar refractivity (Wildman–Crippen MR) is 194 cm³/mol. The fraction of sp³-hybridized carbons (Fsp3) is 0.769. The molecule has 5 rings (SSSR count). The summed E-state index contributed by atoms with van der Waals surface area (Å²) in [5.74, 6) is -3.23. The number of Topliss-reactive ketones (excluding diaryl/α,β-unsaturated/α-hetero) is 1. The van der Waals surface area contributed by atoms with Gasteiger partial charge in [0.25, 0.3) is 5.91 Å². The van der Waals surface area contributed by atoms with Gasteiger partial charge in [-0.3, -0.25) is 33.7 Å². The second kappa shape index (κ2) is 13.3. The Morgan fingerprint density at radius 2 is 1.52 bits per heavy atom. The number of carbonyl (C=O) groups is 7. The second-order valence-electron chi connectivity index (χ2n) is 19.6. The molecule has 0 aromatic rings. The van der Waals surface area contributed by atoms with Gasteiger partial charge in [-0.25, -0.2) is 4.79 Å². The third-order valence-corrected chi connectivity index (χ3v) is 12.2. The lowest BCUT2D eigenvalue weighted by atomic mass is 9.80. The van der Waals surface area contributed by atoms with E-state index in [1.807, 2.05) is 55.4 Å². The van der Waals surface area contributed by atoms with E-state index >= 15 is 0 Å². The lowest BCUT2D eigenvalue weighted by molar-refractivity contribution is -0.153. The summed E-state index contributed by atoms with van der Waals surface area (Å²) in [5.41, 5.74) is -3.33.